The van der Waals surface area contributed by atoms with E-state index in [9.17, 15) is 0 Å². The molecule has 0 fully saturated rings. The molecular weight excluding hydrogens is 312 g/mol. The number of aryl methyl sites for hydroxylation is 1. The molecule has 0 spiro atoms. The molecule has 0 saturated heterocycles. The minimum atomic E-state index is 0.354. The second-order valence-corrected chi connectivity index (χ2v) is 7.08. The number of hydrogen-bond acceptors (Lipinski definition) is 0. The lowest BCUT2D eigenvalue weighted by Crippen LogP contribution is -2.17. The molecule has 1 aromatic rings. The van der Waals surface area contributed by atoms with Crippen LogP contribution in [0.25, 0.3) is 12.2 Å². The van der Waals surface area contributed by atoms with Gasteiger partial charge in [-0.1, -0.05) is 85.0 Å². The van der Waals surface area contributed by atoms with Gasteiger partial charge in [-0.05, 0) is 61.1 Å². The van der Waals surface area contributed by atoms with Crippen LogP contribution in [0.2, 0.25) is 0 Å². The summed E-state index contributed by atoms with van der Waals surface area (Å²) in [5, 5.41) is 0. The second kappa shape index (κ2) is 7.74. The van der Waals surface area contributed by atoms with Crippen molar-refractivity contribution in [3.05, 3.63) is 106 Å². The van der Waals surface area contributed by atoms with Gasteiger partial charge >= 0.3 is 0 Å². The Morgan fingerprint density at radius 2 is 1.96 bits per heavy atom. The fourth-order valence-corrected chi connectivity index (χ4v) is 4.18. The molecule has 2 atom stereocenters. The van der Waals surface area contributed by atoms with Gasteiger partial charge in [0.25, 0.3) is 0 Å². The first kappa shape index (κ1) is 18.2. The maximum Gasteiger partial charge on any atom is 0.0205 e. The number of allylic oxidation sites excluding steroid dienone is 11. The van der Waals surface area contributed by atoms with E-state index in [1.807, 2.05) is 12.2 Å². The van der Waals surface area contributed by atoms with Crippen LogP contribution in [0.4, 0.5) is 0 Å². The van der Waals surface area contributed by atoms with E-state index >= 15 is 0 Å². The third-order valence-corrected chi connectivity index (χ3v) is 5.33. The summed E-state index contributed by atoms with van der Waals surface area (Å²) in [6.07, 6.45) is 22.0. The summed E-state index contributed by atoms with van der Waals surface area (Å²) in [7, 11) is 0. The monoisotopic (exact) mass is 340 g/mol. The normalized spacial score (nSPS) is 22.2. The summed E-state index contributed by atoms with van der Waals surface area (Å²) in [6.45, 7) is 12.4. The Bertz CT molecular complexity index is 894. The molecule has 2 aliphatic rings. The quantitative estimate of drug-likeness (QED) is 0.492. The van der Waals surface area contributed by atoms with Gasteiger partial charge in [-0.3, -0.25) is 0 Å². The average molecular weight is 341 g/mol. The van der Waals surface area contributed by atoms with Crippen LogP contribution in [-0.4, -0.2) is 0 Å². The van der Waals surface area contributed by atoms with Crippen molar-refractivity contribution in [3.8, 4) is 0 Å². The van der Waals surface area contributed by atoms with E-state index in [1.54, 1.807) is 0 Å². The predicted octanol–water partition coefficient (Wildman–Crippen LogP) is 7.33. The largest absolute Gasteiger partial charge is 0.0991 e. The summed E-state index contributed by atoms with van der Waals surface area (Å²) in [5.74, 6) is 0.735. The van der Waals surface area contributed by atoms with Gasteiger partial charge < -0.3 is 0 Å². The van der Waals surface area contributed by atoms with E-state index in [0.29, 0.717) is 11.8 Å². The Balaban J connectivity index is 2.15. The zero-order valence-corrected chi connectivity index (χ0v) is 16.3. The van der Waals surface area contributed by atoms with Crippen LogP contribution >= 0.6 is 0 Å². The topological polar surface area (TPSA) is 0 Å². The molecule has 0 amide bonds. The minimum Gasteiger partial charge on any atom is -0.0991 e. The van der Waals surface area contributed by atoms with Crippen molar-refractivity contribution >= 4 is 12.2 Å². The SMILES string of the molecule is C=C/C=C\C(=C/C)C1C=Cc2c(C)ccc3c2C1C(/C=C(C)\C=C/C)=C3. The number of hydrogen-bond donors (Lipinski definition) is 0. The smallest absolute Gasteiger partial charge is 0.0205 e. The van der Waals surface area contributed by atoms with Crippen LogP contribution in [0.15, 0.2) is 84.0 Å². The Morgan fingerprint density at radius 1 is 1.15 bits per heavy atom. The van der Waals surface area contributed by atoms with E-state index < -0.39 is 0 Å². The summed E-state index contributed by atoms with van der Waals surface area (Å²) in [5.41, 5.74) is 9.65. The van der Waals surface area contributed by atoms with Gasteiger partial charge in [-0.15, -0.1) is 0 Å². The van der Waals surface area contributed by atoms with E-state index in [1.165, 1.54) is 39.0 Å². The molecule has 0 aliphatic heterocycles. The van der Waals surface area contributed by atoms with Crippen LogP contribution in [0.1, 0.15) is 48.9 Å². The third kappa shape index (κ3) is 3.24. The molecule has 0 aromatic heterocycles. The van der Waals surface area contributed by atoms with Crippen molar-refractivity contribution in [3.63, 3.8) is 0 Å². The molecule has 0 radical (unpaired) electrons. The maximum atomic E-state index is 3.82. The highest BCUT2D eigenvalue weighted by molar-refractivity contribution is 5.79. The molecule has 3 rings (SSSR count). The van der Waals surface area contributed by atoms with Crippen LogP contribution in [0.5, 0.6) is 0 Å². The lowest BCUT2D eigenvalue weighted by atomic mass is 9.73. The lowest BCUT2D eigenvalue weighted by molar-refractivity contribution is 0.663. The Hall–Kier alpha value is -2.60. The summed E-state index contributed by atoms with van der Waals surface area (Å²) < 4.78 is 0. The van der Waals surface area contributed by atoms with Crippen molar-refractivity contribution < 1.29 is 0 Å². The van der Waals surface area contributed by atoms with E-state index in [4.69, 9.17) is 0 Å². The first-order chi connectivity index (χ1) is 12.6. The molecule has 0 heteroatoms. The van der Waals surface area contributed by atoms with Crippen molar-refractivity contribution in [2.45, 2.75) is 33.6 Å². The zero-order valence-electron chi connectivity index (χ0n) is 16.3. The minimum absolute atomic E-state index is 0.354. The molecule has 0 bridgehead atoms. The van der Waals surface area contributed by atoms with Crippen LogP contribution < -0.4 is 0 Å². The standard InChI is InChI=1S/C26H28/c1-6-9-11-20(8-3)24-15-14-23-19(5)12-13-21-17-22(26(24)25(21)23)16-18(4)10-7-2/h6-17,24,26H,1H2,2-5H3/b10-7-,11-9-,18-16-,20-8+. The molecule has 26 heavy (non-hydrogen) atoms. The van der Waals surface area contributed by atoms with Crippen molar-refractivity contribution in [2.24, 2.45) is 5.92 Å². The van der Waals surface area contributed by atoms with Gasteiger partial charge in [-0.25, -0.2) is 0 Å². The van der Waals surface area contributed by atoms with Crippen molar-refractivity contribution in [2.75, 3.05) is 0 Å². The molecule has 0 heterocycles. The fourth-order valence-electron chi connectivity index (χ4n) is 4.18. The van der Waals surface area contributed by atoms with Gasteiger partial charge in [0.15, 0.2) is 0 Å². The van der Waals surface area contributed by atoms with Crippen LogP contribution in [0.3, 0.4) is 0 Å². The maximum absolute atomic E-state index is 3.82. The molecule has 2 unspecified atom stereocenters. The molecular formula is C26H28. The Morgan fingerprint density at radius 3 is 2.65 bits per heavy atom. The van der Waals surface area contributed by atoms with Crippen molar-refractivity contribution in [1.29, 1.82) is 0 Å². The second-order valence-electron chi connectivity index (χ2n) is 7.08. The van der Waals surface area contributed by atoms with Gasteiger partial charge in [0, 0.05) is 11.8 Å². The number of rotatable bonds is 5. The van der Waals surface area contributed by atoms with E-state index in [0.717, 1.165) is 0 Å². The van der Waals surface area contributed by atoms with E-state index in [2.05, 4.69) is 95.0 Å². The summed E-state index contributed by atoms with van der Waals surface area (Å²) in [4.78, 5) is 0. The van der Waals surface area contributed by atoms with E-state index in [-0.39, 0.29) is 0 Å². The molecule has 1 aromatic carbocycles. The first-order valence-electron chi connectivity index (χ1n) is 9.40. The fraction of sp³-hybridized carbons (Fsp3) is 0.231. The highest BCUT2D eigenvalue weighted by Crippen LogP contribution is 2.50. The number of benzene rings is 1. The zero-order chi connectivity index (χ0) is 18.7. The van der Waals surface area contributed by atoms with Gasteiger partial charge in [-0.2, -0.15) is 0 Å². The Labute approximate surface area is 158 Å². The average Bonchev–Trinajstić information content (AvgIpc) is 2.99. The van der Waals surface area contributed by atoms with Crippen molar-refractivity contribution in [1.82, 2.24) is 0 Å². The summed E-state index contributed by atoms with van der Waals surface area (Å²) >= 11 is 0. The van der Waals surface area contributed by atoms with Crippen LogP contribution in [-0.2, 0) is 0 Å². The Kier molecular flexibility index (Phi) is 5.42. The highest BCUT2D eigenvalue weighted by Gasteiger charge is 2.35. The first-order valence-corrected chi connectivity index (χ1v) is 9.40. The highest BCUT2D eigenvalue weighted by atomic mass is 14.4. The molecule has 2 aliphatic carbocycles. The molecule has 0 N–H and O–H groups in total. The predicted molar refractivity (Wildman–Crippen MR) is 116 cm³/mol. The third-order valence-electron chi connectivity index (χ3n) is 5.33. The van der Waals surface area contributed by atoms with Gasteiger partial charge in [0.1, 0.15) is 0 Å². The molecule has 132 valence electrons. The molecule has 0 nitrogen and oxygen atoms in total. The van der Waals surface area contributed by atoms with Crippen LogP contribution in [0, 0.1) is 12.8 Å². The summed E-state index contributed by atoms with van der Waals surface area (Å²) in [6, 6.07) is 4.52. The van der Waals surface area contributed by atoms with Gasteiger partial charge in [0.2, 0.25) is 0 Å². The van der Waals surface area contributed by atoms with Gasteiger partial charge in [0.05, 0.1) is 0 Å². The lowest BCUT2D eigenvalue weighted by Gasteiger charge is -2.30. The molecule has 0 saturated carbocycles.